The predicted molar refractivity (Wildman–Crippen MR) is 80.6 cm³/mol. The molecule has 1 aromatic rings. The third kappa shape index (κ3) is 2.78. The standard InChI is InChI=1S/C15H24N2O2S/c1-11-9-20-10-13(11)14(17-16)12-2-5-19-15(8-12)3-6-18-7-4-15/h9-10,12,14,17H,2-8,16H2,1H3. The van der Waals surface area contributed by atoms with Gasteiger partial charge in [-0.3, -0.25) is 11.3 Å². The summed E-state index contributed by atoms with van der Waals surface area (Å²) >= 11 is 1.75. The van der Waals surface area contributed by atoms with Crippen molar-refractivity contribution in [3.8, 4) is 0 Å². The van der Waals surface area contributed by atoms with Crippen molar-refractivity contribution < 1.29 is 9.47 Å². The maximum atomic E-state index is 6.13. The van der Waals surface area contributed by atoms with Crippen molar-refractivity contribution in [2.45, 2.75) is 44.2 Å². The zero-order chi connectivity index (χ0) is 14.0. The van der Waals surface area contributed by atoms with Crippen LogP contribution in [0.5, 0.6) is 0 Å². The van der Waals surface area contributed by atoms with Crippen molar-refractivity contribution in [1.29, 1.82) is 0 Å². The van der Waals surface area contributed by atoms with Crippen LogP contribution in [0, 0.1) is 12.8 Å². The minimum atomic E-state index is 0.0280. The molecule has 2 aliphatic rings. The molecular weight excluding hydrogens is 272 g/mol. The summed E-state index contributed by atoms with van der Waals surface area (Å²) in [6.07, 6.45) is 4.19. The molecule has 112 valence electrons. The van der Waals surface area contributed by atoms with E-state index in [1.54, 1.807) is 11.3 Å². The summed E-state index contributed by atoms with van der Waals surface area (Å²) in [5.41, 5.74) is 5.78. The Bertz CT molecular complexity index is 437. The van der Waals surface area contributed by atoms with E-state index in [2.05, 4.69) is 23.1 Å². The molecule has 2 aliphatic heterocycles. The van der Waals surface area contributed by atoms with E-state index in [1.165, 1.54) is 11.1 Å². The molecule has 2 saturated heterocycles. The molecule has 5 heteroatoms. The number of nitrogens with one attached hydrogen (secondary N) is 1. The van der Waals surface area contributed by atoms with Crippen LogP contribution in [-0.2, 0) is 9.47 Å². The van der Waals surface area contributed by atoms with Gasteiger partial charge in [-0.1, -0.05) is 0 Å². The molecule has 1 spiro atoms. The van der Waals surface area contributed by atoms with Crippen LogP contribution >= 0.6 is 11.3 Å². The number of aryl methyl sites for hydroxylation is 1. The molecule has 0 bridgehead atoms. The number of hydrogen-bond donors (Lipinski definition) is 2. The fraction of sp³-hybridized carbons (Fsp3) is 0.733. The van der Waals surface area contributed by atoms with Gasteiger partial charge in [0.05, 0.1) is 11.6 Å². The van der Waals surface area contributed by atoms with E-state index in [1.807, 2.05) is 0 Å². The minimum Gasteiger partial charge on any atom is -0.381 e. The van der Waals surface area contributed by atoms with Crippen molar-refractivity contribution in [2.75, 3.05) is 19.8 Å². The van der Waals surface area contributed by atoms with Crippen molar-refractivity contribution in [3.63, 3.8) is 0 Å². The molecule has 3 rings (SSSR count). The highest BCUT2D eigenvalue weighted by atomic mass is 32.1. The zero-order valence-corrected chi connectivity index (χ0v) is 12.9. The highest BCUT2D eigenvalue weighted by molar-refractivity contribution is 7.08. The maximum absolute atomic E-state index is 6.13. The lowest BCUT2D eigenvalue weighted by Crippen LogP contribution is -2.47. The van der Waals surface area contributed by atoms with Crippen LogP contribution in [0.4, 0.5) is 0 Å². The quantitative estimate of drug-likeness (QED) is 0.665. The molecule has 1 aromatic heterocycles. The first kappa shape index (κ1) is 14.5. The molecule has 2 unspecified atom stereocenters. The molecular formula is C15H24N2O2S. The molecule has 3 heterocycles. The number of nitrogens with two attached hydrogens (primary N) is 1. The van der Waals surface area contributed by atoms with Gasteiger partial charge in [-0.15, -0.1) is 0 Å². The number of ether oxygens (including phenoxy) is 2. The topological polar surface area (TPSA) is 56.5 Å². The first-order valence-corrected chi connectivity index (χ1v) is 8.39. The van der Waals surface area contributed by atoms with Crippen molar-refractivity contribution in [1.82, 2.24) is 5.43 Å². The third-order valence-electron chi connectivity index (χ3n) is 4.82. The van der Waals surface area contributed by atoms with Crippen molar-refractivity contribution in [2.24, 2.45) is 11.8 Å². The van der Waals surface area contributed by atoms with Crippen LogP contribution < -0.4 is 11.3 Å². The van der Waals surface area contributed by atoms with Gasteiger partial charge in [-0.2, -0.15) is 11.3 Å². The van der Waals surface area contributed by atoms with Crippen LogP contribution in [0.2, 0.25) is 0 Å². The summed E-state index contributed by atoms with van der Waals surface area (Å²) in [6, 6.07) is 0.241. The first-order valence-electron chi connectivity index (χ1n) is 7.45. The van der Waals surface area contributed by atoms with Gasteiger partial charge < -0.3 is 9.47 Å². The lowest BCUT2D eigenvalue weighted by Gasteiger charge is -2.45. The molecule has 2 fully saturated rings. The normalized spacial score (nSPS) is 27.6. The zero-order valence-electron chi connectivity index (χ0n) is 12.1. The van der Waals surface area contributed by atoms with E-state index >= 15 is 0 Å². The Morgan fingerprint density at radius 2 is 2.15 bits per heavy atom. The predicted octanol–water partition coefficient (Wildman–Crippen LogP) is 2.54. The molecule has 0 saturated carbocycles. The first-order chi connectivity index (χ1) is 9.74. The van der Waals surface area contributed by atoms with E-state index in [0.29, 0.717) is 5.92 Å². The van der Waals surface area contributed by atoms with Gasteiger partial charge in [0.2, 0.25) is 0 Å². The number of rotatable bonds is 3. The van der Waals surface area contributed by atoms with Crippen LogP contribution in [-0.4, -0.2) is 25.4 Å². The second-order valence-corrected chi connectivity index (χ2v) is 6.79. The summed E-state index contributed by atoms with van der Waals surface area (Å²) in [7, 11) is 0. The maximum Gasteiger partial charge on any atom is 0.0729 e. The average molecular weight is 296 g/mol. The van der Waals surface area contributed by atoms with Crippen LogP contribution in [0.1, 0.15) is 42.9 Å². The Labute approximate surface area is 124 Å². The monoisotopic (exact) mass is 296 g/mol. The Hall–Kier alpha value is -0.460. The Balaban J connectivity index is 1.76. The van der Waals surface area contributed by atoms with E-state index in [9.17, 15) is 0 Å². The average Bonchev–Trinajstić information content (AvgIpc) is 2.87. The molecule has 20 heavy (non-hydrogen) atoms. The minimum absolute atomic E-state index is 0.0280. The summed E-state index contributed by atoms with van der Waals surface area (Å²) in [5, 5.41) is 4.43. The molecule has 0 aromatic carbocycles. The number of thiophene rings is 1. The number of hydrogen-bond acceptors (Lipinski definition) is 5. The van der Waals surface area contributed by atoms with Crippen LogP contribution in [0.15, 0.2) is 10.8 Å². The Kier molecular flexibility index (Phi) is 4.43. The second-order valence-electron chi connectivity index (χ2n) is 6.05. The smallest absolute Gasteiger partial charge is 0.0729 e. The van der Waals surface area contributed by atoms with Crippen LogP contribution in [0.25, 0.3) is 0 Å². The van der Waals surface area contributed by atoms with E-state index in [0.717, 1.165) is 45.5 Å². The van der Waals surface area contributed by atoms with E-state index in [4.69, 9.17) is 15.3 Å². The lowest BCUT2D eigenvalue weighted by molar-refractivity contribution is -0.150. The fourth-order valence-corrected chi connectivity index (χ4v) is 4.50. The lowest BCUT2D eigenvalue weighted by atomic mass is 9.76. The van der Waals surface area contributed by atoms with Crippen LogP contribution in [0.3, 0.4) is 0 Å². The highest BCUT2D eigenvalue weighted by Gasteiger charge is 2.41. The number of hydrazine groups is 1. The molecule has 3 N–H and O–H groups in total. The molecule has 0 amide bonds. The largest absolute Gasteiger partial charge is 0.381 e. The highest BCUT2D eigenvalue weighted by Crippen LogP contribution is 2.42. The molecule has 0 aliphatic carbocycles. The van der Waals surface area contributed by atoms with Gasteiger partial charge in [0, 0.05) is 19.8 Å². The van der Waals surface area contributed by atoms with Gasteiger partial charge >= 0.3 is 0 Å². The molecule has 0 radical (unpaired) electrons. The van der Waals surface area contributed by atoms with Crippen molar-refractivity contribution >= 4 is 11.3 Å². The van der Waals surface area contributed by atoms with Gasteiger partial charge in [-0.25, -0.2) is 0 Å². The Morgan fingerprint density at radius 1 is 1.35 bits per heavy atom. The summed E-state index contributed by atoms with van der Waals surface area (Å²) in [4.78, 5) is 0. The summed E-state index contributed by atoms with van der Waals surface area (Å²) in [6.45, 7) is 4.65. The van der Waals surface area contributed by atoms with Gasteiger partial charge in [0.15, 0.2) is 0 Å². The SMILES string of the molecule is Cc1cscc1C(NN)C1CCOC2(CCOCC2)C1. The summed E-state index contributed by atoms with van der Waals surface area (Å²) < 4.78 is 11.6. The van der Waals surface area contributed by atoms with Gasteiger partial charge in [-0.05, 0) is 60.4 Å². The van der Waals surface area contributed by atoms with Gasteiger partial charge in [0.1, 0.15) is 0 Å². The molecule has 2 atom stereocenters. The second kappa shape index (κ2) is 6.12. The van der Waals surface area contributed by atoms with E-state index < -0.39 is 0 Å². The summed E-state index contributed by atoms with van der Waals surface area (Å²) in [5.74, 6) is 6.41. The molecule has 4 nitrogen and oxygen atoms in total. The van der Waals surface area contributed by atoms with E-state index in [-0.39, 0.29) is 11.6 Å². The fourth-order valence-electron chi connectivity index (χ4n) is 3.61. The Morgan fingerprint density at radius 3 is 2.80 bits per heavy atom. The van der Waals surface area contributed by atoms with Gasteiger partial charge in [0.25, 0.3) is 0 Å². The third-order valence-corrected chi connectivity index (χ3v) is 5.70. The van der Waals surface area contributed by atoms with Crippen molar-refractivity contribution in [3.05, 3.63) is 21.9 Å².